The standard InChI is InChI=1S/C29H37F/c1-3-5-7-8-23-10-12-24(13-11-23)14-15-25-16-18-26(19-17-25)28-21-20-27(9-6-4-2)29(30)22-28/h16-24H,3-13H2,1-2H3. The highest BCUT2D eigenvalue weighted by Gasteiger charge is 2.19. The van der Waals surface area contributed by atoms with E-state index < -0.39 is 0 Å². The van der Waals surface area contributed by atoms with Crippen LogP contribution in [-0.4, -0.2) is 0 Å². The molecule has 0 saturated heterocycles. The third-order valence-electron chi connectivity index (χ3n) is 6.55. The minimum absolute atomic E-state index is 0.0879. The van der Waals surface area contributed by atoms with Crippen LogP contribution in [0, 0.1) is 29.5 Å². The molecule has 0 atom stereocenters. The van der Waals surface area contributed by atoms with Crippen molar-refractivity contribution in [2.24, 2.45) is 11.8 Å². The molecular formula is C29H37F. The minimum atomic E-state index is -0.0879. The molecular weight excluding hydrogens is 367 g/mol. The van der Waals surface area contributed by atoms with E-state index in [0.29, 0.717) is 5.92 Å². The number of hydrogen-bond acceptors (Lipinski definition) is 0. The molecule has 0 spiro atoms. The van der Waals surface area contributed by atoms with E-state index in [1.54, 1.807) is 6.07 Å². The molecule has 1 aliphatic rings. The van der Waals surface area contributed by atoms with Gasteiger partial charge in [-0.25, -0.2) is 4.39 Å². The Morgan fingerprint density at radius 3 is 2.20 bits per heavy atom. The Hall–Kier alpha value is -2.07. The maximum Gasteiger partial charge on any atom is 0.127 e. The van der Waals surface area contributed by atoms with Crippen LogP contribution in [-0.2, 0) is 6.42 Å². The molecule has 0 aromatic heterocycles. The van der Waals surface area contributed by atoms with Gasteiger partial charge in [-0.15, -0.1) is 0 Å². The van der Waals surface area contributed by atoms with E-state index in [2.05, 4.69) is 50.0 Å². The van der Waals surface area contributed by atoms with Gasteiger partial charge in [0.25, 0.3) is 0 Å². The Balaban J connectivity index is 1.54. The normalized spacial score (nSPS) is 18.6. The van der Waals surface area contributed by atoms with E-state index in [-0.39, 0.29) is 5.82 Å². The summed E-state index contributed by atoms with van der Waals surface area (Å²) in [4.78, 5) is 0. The SMILES string of the molecule is CCCCCC1CCC(C#Cc2ccc(-c3ccc(CCCC)c(F)c3)cc2)CC1. The summed E-state index contributed by atoms with van der Waals surface area (Å²) < 4.78 is 14.4. The molecule has 0 radical (unpaired) electrons. The second-order valence-corrected chi connectivity index (χ2v) is 8.97. The van der Waals surface area contributed by atoms with Gasteiger partial charge in [0.05, 0.1) is 0 Å². The number of rotatable bonds is 8. The maximum atomic E-state index is 14.4. The van der Waals surface area contributed by atoms with Crippen LogP contribution in [0.4, 0.5) is 4.39 Å². The first-order chi connectivity index (χ1) is 14.7. The molecule has 0 bridgehead atoms. The highest BCUT2D eigenvalue weighted by molar-refractivity contribution is 5.65. The highest BCUT2D eigenvalue weighted by atomic mass is 19.1. The van der Waals surface area contributed by atoms with Gasteiger partial charge in [-0.05, 0) is 79.3 Å². The van der Waals surface area contributed by atoms with Crippen molar-refractivity contribution in [1.29, 1.82) is 0 Å². The van der Waals surface area contributed by atoms with Crippen LogP contribution in [0.1, 0.15) is 89.2 Å². The van der Waals surface area contributed by atoms with Crippen molar-refractivity contribution in [3.05, 3.63) is 59.4 Å². The monoisotopic (exact) mass is 404 g/mol. The van der Waals surface area contributed by atoms with Gasteiger partial charge in [0.2, 0.25) is 0 Å². The Kier molecular flexibility index (Phi) is 9.00. The van der Waals surface area contributed by atoms with Crippen LogP contribution in [0.2, 0.25) is 0 Å². The predicted molar refractivity (Wildman–Crippen MR) is 127 cm³/mol. The molecule has 0 nitrogen and oxygen atoms in total. The van der Waals surface area contributed by atoms with Crippen molar-refractivity contribution < 1.29 is 4.39 Å². The fraction of sp³-hybridized carbons (Fsp3) is 0.517. The molecule has 2 aromatic carbocycles. The molecule has 1 fully saturated rings. The van der Waals surface area contributed by atoms with Gasteiger partial charge >= 0.3 is 0 Å². The average Bonchev–Trinajstić information content (AvgIpc) is 2.78. The molecule has 0 aliphatic heterocycles. The van der Waals surface area contributed by atoms with Gasteiger partial charge in [0.1, 0.15) is 5.82 Å². The van der Waals surface area contributed by atoms with E-state index in [4.69, 9.17) is 0 Å². The van der Waals surface area contributed by atoms with E-state index in [0.717, 1.165) is 47.4 Å². The fourth-order valence-electron chi connectivity index (χ4n) is 4.51. The Morgan fingerprint density at radius 1 is 0.833 bits per heavy atom. The fourth-order valence-corrected chi connectivity index (χ4v) is 4.51. The maximum absolute atomic E-state index is 14.4. The van der Waals surface area contributed by atoms with Crippen molar-refractivity contribution in [1.82, 2.24) is 0 Å². The zero-order valence-corrected chi connectivity index (χ0v) is 18.9. The van der Waals surface area contributed by atoms with Crippen molar-refractivity contribution in [2.45, 2.75) is 84.5 Å². The van der Waals surface area contributed by atoms with Gasteiger partial charge < -0.3 is 0 Å². The molecule has 160 valence electrons. The zero-order chi connectivity index (χ0) is 21.2. The third-order valence-corrected chi connectivity index (χ3v) is 6.55. The number of aryl methyl sites for hydroxylation is 1. The molecule has 0 N–H and O–H groups in total. The van der Waals surface area contributed by atoms with Crippen molar-refractivity contribution in [2.75, 3.05) is 0 Å². The van der Waals surface area contributed by atoms with Crippen LogP contribution in [0.3, 0.4) is 0 Å². The third kappa shape index (κ3) is 6.73. The molecule has 0 heterocycles. The number of halogens is 1. The van der Waals surface area contributed by atoms with Crippen molar-refractivity contribution in [3.8, 4) is 23.0 Å². The Bertz CT molecular complexity index is 829. The second kappa shape index (κ2) is 11.9. The quantitative estimate of drug-likeness (QED) is 0.305. The first-order valence-corrected chi connectivity index (χ1v) is 12.1. The Morgan fingerprint density at radius 2 is 1.53 bits per heavy atom. The van der Waals surface area contributed by atoms with Crippen LogP contribution in [0.15, 0.2) is 42.5 Å². The van der Waals surface area contributed by atoms with Gasteiger partial charge in [0, 0.05) is 11.5 Å². The highest BCUT2D eigenvalue weighted by Crippen LogP contribution is 2.31. The van der Waals surface area contributed by atoms with Crippen LogP contribution >= 0.6 is 0 Å². The smallest absolute Gasteiger partial charge is 0.127 e. The van der Waals surface area contributed by atoms with E-state index in [1.807, 2.05) is 12.1 Å². The lowest BCUT2D eigenvalue weighted by molar-refractivity contribution is 0.294. The molecule has 3 rings (SSSR count). The largest absolute Gasteiger partial charge is 0.207 e. The Labute approximate surface area is 183 Å². The van der Waals surface area contributed by atoms with Gasteiger partial charge in [0.15, 0.2) is 0 Å². The van der Waals surface area contributed by atoms with E-state index >= 15 is 0 Å². The van der Waals surface area contributed by atoms with Gasteiger partial charge in [-0.3, -0.25) is 0 Å². The summed E-state index contributed by atoms with van der Waals surface area (Å²) in [6, 6.07) is 13.9. The minimum Gasteiger partial charge on any atom is -0.207 e. The molecule has 1 aliphatic carbocycles. The number of unbranched alkanes of at least 4 members (excludes halogenated alkanes) is 3. The summed E-state index contributed by atoms with van der Waals surface area (Å²) in [5.41, 5.74) is 3.87. The topological polar surface area (TPSA) is 0 Å². The number of hydrogen-bond donors (Lipinski definition) is 0. The molecule has 1 heteroatoms. The lowest BCUT2D eigenvalue weighted by Gasteiger charge is -2.25. The summed E-state index contributed by atoms with van der Waals surface area (Å²) in [5, 5.41) is 0. The summed E-state index contributed by atoms with van der Waals surface area (Å²) >= 11 is 0. The van der Waals surface area contributed by atoms with Crippen LogP contribution in [0.25, 0.3) is 11.1 Å². The van der Waals surface area contributed by atoms with E-state index in [1.165, 1.54) is 51.4 Å². The average molecular weight is 405 g/mol. The van der Waals surface area contributed by atoms with Crippen molar-refractivity contribution >= 4 is 0 Å². The molecule has 30 heavy (non-hydrogen) atoms. The van der Waals surface area contributed by atoms with E-state index in [9.17, 15) is 4.39 Å². The molecule has 0 amide bonds. The zero-order valence-electron chi connectivity index (χ0n) is 18.9. The summed E-state index contributed by atoms with van der Waals surface area (Å²) in [6.07, 6.45) is 13.7. The second-order valence-electron chi connectivity index (χ2n) is 8.97. The van der Waals surface area contributed by atoms with Crippen LogP contribution < -0.4 is 0 Å². The molecule has 1 saturated carbocycles. The lowest BCUT2D eigenvalue weighted by Crippen LogP contribution is -2.13. The first-order valence-electron chi connectivity index (χ1n) is 12.1. The van der Waals surface area contributed by atoms with Crippen LogP contribution in [0.5, 0.6) is 0 Å². The predicted octanol–water partition coefficient (Wildman–Crippen LogP) is 8.57. The summed E-state index contributed by atoms with van der Waals surface area (Å²) in [7, 11) is 0. The lowest BCUT2D eigenvalue weighted by atomic mass is 9.80. The molecule has 2 aromatic rings. The van der Waals surface area contributed by atoms with Crippen molar-refractivity contribution in [3.63, 3.8) is 0 Å². The first kappa shape index (κ1) is 22.6. The summed E-state index contributed by atoms with van der Waals surface area (Å²) in [5.74, 6) is 8.29. The van der Waals surface area contributed by atoms with Gasteiger partial charge in [-0.2, -0.15) is 0 Å². The number of benzene rings is 2. The summed E-state index contributed by atoms with van der Waals surface area (Å²) in [6.45, 7) is 4.41. The van der Waals surface area contributed by atoms with Gasteiger partial charge in [-0.1, -0.05) is 82.1 Å². The molecule has 0 unspecified atom stereocenters.